The zero-order chi connectivity index (χ0) is 20.5. The van der Waals surface area contributed by atoms with Gasteiger partial charge >= 0.3 is 0 Å². The average molecular weight is 398 g/mol. The normalized spacial score (nSPS) is 16.2. The fourth-order valence-corrected chi connectivity index (χ4v) is 3.49. The van der Waals surface area contributed by atoms with Crippen LogP contribution in [0.5, 0.6) is 0 Å². The highest BCUT2D eigenvalue weighted by Gasteiger charge is 2.14. The van der Waals surface area contributed by atoms with Crippen LogP contribution in [-0.4, -0.2) is 51.8 Å². The lowest BCUT2D eigenvalue weighted by atomic mass is 9.99. The molecule has 0 aliphatic carbocycles. The first kappa shape index (κ1) is 21.3. The molecule has 1 aromatic heterocycles. The summed E-state index contributed by atoms with van der Waals surface area (Å²) in [6, 6.07) is 10.3. The van der Waals surface area contributed by atoms with Crippen LogP contribution in [-0.2, 0) is 20.1 Å². The molecule has 0 bridgehead atoms. The van der Waals surface area contributed by atoms with Crippen LogP contribution >= 0.6 is 0 Å². The molecule has 1 aliphatic rings. The summed E-state index contributed by atoms with van der Waals surface area (Å²) in [6.07, 6.45) is 3.77. The number of hydrogen-bond donors (Lipinski definition) is 2. The number of likely N-dealkylation sites (tertiary alicyclic amines) is 1. The quantitative estimate of drug-likeness (QED) is 0.407. The maximum atomic E-state index is 4.76. The van der Waals surface area contributed by atoms with Gasteiger partial charge in [-0.05, 0) is 57.3 Å². The highest BCUT2D eigenvalue weighted by atomic mass is 15.3. The van der Waals surface area contributed by atoms with E-state index in [1.807, 2.05) is 36.7 Å². The van der Waals surface area contributed by atoms with E-state index in [4.69, 9.17) is 4.99 Å². The lowest BCUT2D eigenvalue weighted by Crippen LogP contribution is -2.40. The SMILES string of the molecule is Cc1nnc(CNC(=NCc2ccccc2)NCCCN2CCC(C)CC2)n1C. The molecule has 7 heteroatoms. The minimum Gasteiger partial charge on any atom is -0.356 e. The number of nitrogens with zero attached hydrogens (tertiary/aromatic N) is 5. The molecule has 1 fully saturated rings. The Morgan fingerprint density at radius 2 is 1.90 bits per heavy atom. The molecular formula is C22H35N7. The van der Waals surface area contributed by atoms with E-state index in [-0.39, 0.29) is 0 Å². The fraction of sp³-hybridized carbons (Fsp3) is 0.591. The van der Waals surface area contributed by atoms with Crippen LogP contribution < -0.4 is 10.6 Å². The summed E-state index contributed by atoms with van der Waals surface area (Å²) in [5, 5.41) is 15.3. The number of aliphatic imine (C=N–C) groups is 1. The molecule has 7 nitrogen and oxygen atoms in total. The van der Waals surface area contributed by atoms with Crippen molar-refractivity contribution in [1.29, 1.82) is 0 Å². The van der Waals surface area contributed by atoms with Gasteiger partial charge in [0, 0.05) is 13.6 Å². The molecular weight excluding hydrogens is 362 g/mol. The van der Waals surface area contributed by atoms with Crippen LogP contribution in [0.4, 0.5) is 0 Å². The van der Waals surface area contributed by atoms with E-state index in [1.165, 1.54) is 31.5 Å². The number of aryl methyl sites for hydroxylation is 1. The number of guanidine groups is 1. The van der Waals surface area contributed by atoms with Crippen LogP contribution in [0.15, 0.2) is 35.3 Å². The minimum absolute atomic E-state index is 0.599. The molecule has 1 aromatic carbocycles. The average Bonchev–Trinajstić information content (AvgIpc) is 3.06. The molecule has 0 spiro atoms. The smallest absolute Gasteiger partial charge is 0.191 e. The molecule has 0 radical (unpaired) electrons. The highest BCUT2D eigenvalue weighted by Crippen LogP contribution is 2.15. The second kappa shape index (κ2) is 11.0. The number of benzene rings is 1. The lowest BCUT2D eigenvalue weighted by molar-refractivity contribution is 0.191. The lowest BCUT2D eigenvalue weighted by Gasteiger charge is -2.30. The van der Waals surface area contributed by atoms with Crippen molar-refractivity contribution in [3.8, 4) is 0 Å². The van der Waals surface area contributed by atoms with Crippen molar-refractivity contribution in [3.05, 3.63) is 47.5 Å². The first-order valence-corrected chi connectivity index (χ1v) is 10.7. The third-order valence-corrected chi connectivity index (χ3v) is 5.68. The summed E-state index contributed by atoms with van der Waals surface area (Å²) in [6.45, 7) is 10.1. The van der Waals surface area contributed by atoms with Gasteiger partial charge in [0.15, 0.2) is 11.8 Å². The van der Waals surface area contributed by atoms with Gasteiger partial charge in [-0.1, -0.05) is 37.3 Å². The molecule has 0 unspecified atom stereocenters. The Morgan fingerprint density at radius 3 is 2.59 bits per heavy atom. The van der Waals surface area contributed by atoms with Crippen LogP contribution in [0, 0.1) is 12.8 Å². The van der Waals surface area contributed by atoms with Gasteiger partial charge in [0.05, 0.1) is 13.1 Å². The van der Waals surface area contributed by atoms with Gasteiger partial charge in [-0.15, -0.1) is 10.2 Å². The van der Waals surface area contributed by atoms with Crippen molar-refractivity contribution in [2.45, 2.75) is 46.2 Å². The third kappa shape index (κ3) is 6.85. The van der Waals surface area contributed by atoms with E-state index in [0.29, 0.717) is 13.1 Å². The van der Waals surface area contributed by atoms with Crippen LogP contribution in [0.1, 0.15) is 43.4 Å². The zero-order valence-corrected chi connectivity index (χ0v) is 18.1. The van der Waals surface area contributed by atoms with Crippen molar-refractivity contribution in [1.82, 2.24) is 30.3 Å². The Morgan fingerprint density at radius 1 is 1.14 bits per heavy atom. The van der Waals surface area contributed by atoms with E-state index < -0.39 is 0 Å². The molecule has 0 amide bonds. The Labute approximate surface area is 174 Å². The Kier molecular flexibility index (Phi) is 8.04. The van der Waals surface area contributed by atoms with Crippen molar-refractivity contribution in [2.24, 2.45) is 18.0 Å². The second-order valence-electron chi connectivity index (χ2n) is 8.03. The van der Waals surface area contributed by atoms with Gasteiger partial charge in [0.2, 0.25) is 0 Å². The molecule has 1 aliphatic heterocycles. The monoisotopic (exact) mass is 397 g/mol. The van der Waals surface area contributed by atoms with Crippen LogP contribution in [0.2, 0.25) is 0 Å². The minimum atomic E-state index is 0.599. The van der Waals surface area contributed by atoms with E-state index in [0.717, 1.165) is 43.0 Å². The summed E-state index contributed by atoms with van der Waals surface area (Å²) < 4.78 is 2.00. The fourth-order valence-electron chi connectivity index (χ4n) is 3.49. The van der Waals surface area contributed by atoms with Crippen LogP contribution in [0.3, 0.4) is 0 Å². The summed E-state index contributed by atoms with van der Waals surface area (Å²) in [4.78, 5) is 7.34. The number of aromatic nitrogens is 3. The van der Waals surface area contributed by atoms with Crippen molar-refractivity contribution >= 4 is 5.96 Å². The van der Waals surface area contributed by atoms with Crippen molar-refractivity contribution < 1.29 is 0 Å². The Balaban J connectivity index is 1.50. The van der Waals surface area contributed by atoms with Gasteiger partial charge < -0.3 is 20.1 Å². The molecule has 0 saturated carbocycles. The molecule has 2 heterocycles. The maximum absolute atomic E-state index is 4.76. The highest BCUT2D eigenvalue weighted by molar-refractivity contribution is 5.79. The largest absolute Gasteiger partial charge is 0.356 e. The van der Waals surface area contributed by atoms with Gasteiger partial charge in [0.25, 0.3) is 0 Å². The Hall–Kier alpha value is -2.41. The molecule has 158 valence electrons. The van der Waals surface area contributed by atoms with E-state index >= 15 is 0 Å². The molecule has 2 aromatic rings. The van der Waals surface area contributed by atoms with E-state index in [9.17, 15) is 0 Å². The van der Waals surface area contributed by atoms with Crippen molar-refractivity contribution in [3.63, 3.8) is 0 Å². The molecule has 1 saturated heterocycles. The molecule has 2 N–H and O–H groups in total. The molecule has 29 heavy (non-hydrogen) atoms. The molecule has 3 rings (SSSR count). The Bertz CT molecular complexity index is 761. The number of piperidine rings is 1. The summed E-state index contributed by atoms with van der Waals surface area (Å²) in [5.41, 5.74) is 1.20. The predicted molar refractivity (Wildman–Crippen MR) is 118 cm³/mol. The van der Waals surface area contributed by atoms with E-state index in [1.54, 1.807) is 0 Å². The molecule has 0 atom stereocenters. The first-order valence-electron chi connectivity index (χ1n) is 10.7. The number of hydrogen-bond acceptors (Lipinski definition) is 4. The third-order valence-electron chi connectivity index (χ3n) is 5.68. The number of nitrogens with one attached hydrogen (secondary N) is 2. The predicted octanol–water partition coefficient (Wildman–Crippen LogP) is 2.48. The van der Waals surface area contributed by atoms with Crippen molar-refractivity contribution in [2.75, 3.05) is 26.2 Å². The maximum Gasteiger partial charge on any atom is 0.191 e. The zero-order valence-electron chi connectivity index (χ0n) is 18.1. The first-order chi connectivity index (χ1) is 14.1. The van der Waals surface area contributed by atoms with Gasteiger partial charge in [-0.2, -0.15) is 0 Å². The topological polar surface area (TPSA) is 70.4 Å². The second-order valence-corrected chi connectivity index (χ2v) is 8.03. The number of rotatable bonds is 8. The summed E-state index contributed by atoms with van der Waals surface area (Å²) in [5.74, 6) is 3.52. The standard InChI is InChI=1S/C22H35N7/c1-18-10-14-29(15-11-18)13-7-12-23-22(24-16-20-8-5-4-6-9-20)25-17-21-27-26-19(2)28(21)3/h4-6,8-9,18H,7,10-17H2,1-3H3,(H2,23,24,25). The summed E-state index contributed by atoms with van der Waals surface area (Å²) in [7, 11) is 1.99. The van der Waals surface area contributed by atoms with Gasteiger partial charge in [0.1, 0.15) is 5.82 Å². The van der Waals surface area contributed by atoms with Crippen LogP contribution in [0.25, 0.3) is 0 Å². The van der Waals surface area contributed by atoms with E-state index in [2.05, 4.69) is 44.8 Å². The van der Waals surface area contributed by atoms with Gasteiger partial charge in [-0.25, -0.2) is 4.99 Å². The summed E-state index contributed by atoms with van der Waals surface area (Å²) >= 11 is 0. The van der Waals surface area contributed by atoms with Gasteiger partial charge in [-0.3, -0.25) is 0 Å².